The minimum absolute atomic E-state index is 0. The van der Waals surface area contributed by atoms with E-state index in [4.69, 9.17) is 0 Å². The van der Waals surface area contributed by atoms with Gasteiger partial charge in [0.2, 0.25) is 0 Å². The largest absolute Gasteiger partial charge is 0.339 e. The maximum atomic E-state index is 12.5. The van der Waals surface area contributed by atoms with Crippen molar-refractivity contribution in [2.75, 3.05) is 20.1 Å². The van der Waals surface area contributed by atoms with Crippen molar-refractivity contribution in [1.82, 2.24) is 10.2 Å². The van der Waals surface area contributed by atoms with Crippen LogP contribution in [0.25, 0.3) is 0 Å². The van der Waals surface area contributed by atoms with Gasteiger partial charge in [-0.2, -0.15) is 0 Å². The second kappa shape index (κ2) is 7.45. The Labute approximate surface area is 134 Å². The number of rotatable bonds is 2. The van der Waals surface area contributed by atoms with Crippen molar-refractivity contribution in [3.05, 3.63) is 32.9 Å². The molecule has 1 N–H and O–H groups in total. The second-order valence-electron chi connectivity index (χ2n) is 4.81. The van der Waals surface area contributed by atoms with Crippen molar-refractivity contribution >= 4 is 40.9 Å². The van der Waals surface area contributed by atoms with Crippen LogP contribution in [0.15, 0.2) is 18.2 Å². The van der Waals surface area contributed by atoms with E-state index in [1.165, 1.54) is 0 Å². The zero-order chi connectivity index (χ0) is 13.1. The lowest BCUT2D eigenvalue weighted by Crippen LogP contribution is -2.44. The van der Waals surface area contributed by atoms with Crippen LogP contribution < -0.4 is 5.32 Å². The molecule has 0 saturated carbocycles. The van der Waals surface area contributed by atoms with Crippen LogP contribution in [0.5, 0.6) is 0 Å². The van der Waals surface area contributed by atoms with Gasteiger partial charge in [-0.25, -0.2) is 0 Å². The lowest BCUT2D eigenvalue weighted by molar-refractivity contribution is 0.0702. The average Bonchev–Trinajstić information content (AvgIpc) is 2.41. The summed E-state index contributed by atoms with van der Waals surface area (Å²) in [6.45, 7) is 4.03. The van der Waals surface area contributed by atoms with Gasteiger partial charge >= 0.3 is 0 Å². The topological polar surface area (TPSA) is 32.3 Å². The molecule has 0 radical (unpaired) electrons. The van der Waals surface area contributed by atoms with Crippen molar-refractivity contribution in [3.63, 3.8) is 0 Å². The Hall–Kier alpha value is -0.330. The molecule has 106 valence electrons. The summed E-state index contributed by atoms with van der Waals surface area (Å²) in [6, 6.07) is 6.29. The molecule has 3 nitrogen and oxygen atoms in total. The lowest BCUT2D eigenvalue weighted by atomic mass is 10.0. The minimum Gasteiger partial charge on any atom is -0.339 e. The first-order valence-electron chi connectivity index (χ1n) is 6.34. The third-order valence-electron chi connectivity index (χ3n) is 3.67. The molecule has 5 heteroatoms. The summed E-state index contributed by atoms with van der Waals surface area (Å²) in [5, 5.41) is 3.33. The van der Waals surface area contributed by atoms with Crippen molar-refractivity contribution in [2.24, 2.45) is 0 Å². The predicted molar refractivity (Wildman–Crippen MR) is 89.1 cm³/mol. The summed E-state index contributed by atoms with van der Waals surface area (Å²) in [5.74, 6) is 0.151. The molecule has 2 rings (SSSR count). The van der Waals surface area contributed by atoms with Gasteiger partial charge in [-0.1, -0.05) is 6.07 Å². The molecule has 1 saturated heterocycles. The molecule has 0 atom stereocenters. The van der Waals surface area contributed by atoms with Gasteiger partial charge < -0.3 is 10.2 Å². The molecule has 0 aromatic heterocycles. The summed E-state index contributed by atoms with van der Waals surface area (Å²) >= 11 is 2.28. The number of carbonyl (C=O) groups excluding carboxylic acids is 1. The van der Waals surface area contributed by atoms with E-state index in [0.717, 1.165) is 40.6 Å². The highest BCUT2D eigenvalue weighted by molar-refractivity contribution is 14.1. The zero-order valence-corrected chi connectivity index (χ0v) is 14.3. The maximum absolute atomic E-state index is 12.5. The van der Waals surface area contributed by atoms with Crippen LogP contribution in [-0.4, -0.2) is 37.0 Å². The number of halogens is 2. The monoisotopic (exact) mass is 394 g/mol. The average molecular weight is 395 g/mol. The summed E-state index contributed by atoms with van der Waals surface area (Å²) in [6.07, 6.45) is 2.09. The number of hydrogen-bond donors (Lipinski definition) is 1. The van der Waals surface area contributed by atoms with Gasteiger partial charge in [0.05, 0.1) is 0 Å². The first-order valence-corrected chi connectivity index (χ1v) is 7.42. The molecule has 0 bridgehead atoms. The molecular weight excluding hydrogens is 375 g/mol. The van der Waals surface area contributed by atoms with Crippen LogP contribution in [0, 0.1) is 10.5 Å². The van der Waals surface area contributed by atoms with E-state index in [2.05, 4.69) is 27.9 Å². The predicted octanol–water partition coefficient (Wildman–Crippen LogP) is 2.85. The van der Waals surface area contributed by atoms with Gasteiger partial charge in [0.25, 0.3) is 5.91 Å². The highest BCUT2D eigenvalue weighted by atomic mass is 127. The van der Waals surface area contributed by atoms with Gasteiger partial charge in [-0.3, -0.25) is 4.79 Å². The van der Waals surface area contributed by atoms with Crippen LogP contribution in [0.3, 0.4) is 0 Å². The van der Waals surface area contributed by atoms with E-state index >= 15 is 0 Å². The van der Waals surface area contributed by atoms with E-state index in [1.807, 2.05) is 37.1 Å². The number of nitrogens with zero attached hydrogens (tertiary/aromatic N) is 1. The molecule has 1 amide bonds. The number of benzene rings is 1. The van der Waals surface area contributed by atoms with E-state index in [1.54, 1.807) is 0 Å². The van der Waals surface area contributed by atoms with Gasteiger partial charge in [0.1, 0.15) is 0 Å². The van der Waals surface area contributed by atoms with Gasteiger partial charge in [-0.05, 0) is 73.1 Å². The number of nitrogens with one attached hydrogen (secondary N) is 1. The first kappa shape index (κ1) is 16.7. The SMILES string of the molecule is Cc1c(I)cccc1C(=O)N(C)C1CCNCC1.Cl. The summed E-state index contributed by atoms with van der Waals surface area (Å²) in [5.41, 5.74) is 1.92. The Balaban J connectivity index is 0.00000180. The van der Waals surface area contributed by atoms with Crippen molar-refractivity contribution in [2.45, 2.75) is 25.8 Å². The molecule has 1 heterocycles. The van der Waals surface area contributed by atoms with Crippen LogP contribution in [-0.2, 0) is 0 Å². The zero-order valence-electron chi connectivity index (χ0n) is 11.3. The highest BCUT2D eigenvalue weighted by Crippen LogP contribution is 2.19. The Kier molecular flexibility index (Phi) is 6.56. The Morgan fingerprint density at radius 3 is 2.63 bits per heavy atom. The second-order valence-corrected chi connectivity index (χ2v) is 5.97. The summed E-state index contributed by atoms with van der Waals surface area (Å²) in [7, 11) is 1.93. The number of carbonyl (C=O) groups is 1. The summed E-state index contributed by atoms with van der Waals surface area (Å²) in [4.78, 5) is 14.4. The third-order valence-corrected chi connectivity index (χ3v) is 4.84. The fourth-order valence-electron chi connectivity index (χ4n) is 2.39. The fraction of sp³-hybridized carbons (Fsp3) is 0.500. The Morgan fingerprint density at radius 1 is 1.37 bits per heavy atom. The number of amides is 1. The molecule has 1 aliphatic rings. The van der Waals surface area contributed by atoms with Crippen molar-refractivity contribution in [1.29, 1.82) is 0 Å². The quantitative estimate of drug-likeness (QED) is 0.782. The van der Waals surface area contributed by atoms with E-state index in [-0.39, 0.29) is 18.3 Å². The van der Waals surface area contributed by atoms with Gasteiger partial charge in [0.15, 0.2) is 0 Å². The highest BCUT2D eigenvalue weighted by Gasteiger charge is 2.23. The van der Waals surface area contributed by atoms with E-state index < -0.39 is 0 Å². The molecule has 1 aromatic carbocycles. The van der Waals surface area contributed by atoms with Gasteiger partial charge in [0, 0.05) is 22.2 Å². The Bertz CT molecular complexity index is 447. The molecule has 19 heavy (non-hydrogen) atoms. The number of hydrogen-bond acceptors (Lipinski definition) is 2. The maximum Gasteiger partial charge on any atom is 0.254 e. The summed E-state index contributed by atoms with van der Waals surface area (Å²) < 4.78 is 1.15. The molecule has 0 unspecified atom stereocenters. The lowest BCUT2D eigenvalue weighted by Gasteiger charge is -2.32. The molecular formula is C14H20ClIN2O. The van der Waals surface area contributed by atoms with Crippen molar-refractivity contribution < 1.29 is 4.79 Å². The van der Waals surface area contributed by atoms with E-state index in [9.17, 15) is 4.79 Å². The van der Waals surface area contributed by atoms with Crippen LogP contribution in [0.4, 0.5) is 0 Å². The molecule has 1 fully saturated rings. The standard InChI is InChI=1S/C14H19IN2O.ClH/c1-10-12(4-3-5-13(10)15)14(18)17(2)11-6-8-16-9-7-11;/h3-5,11,16H,6-9H2,1-2H3;1H. The van der Waals surface area contributed by atoms with Crippen LogP contribution in [0.1, 0.15) is 28.8 Å². The van der Waals surface area contributed by atoms with Crippen LogP contribution in [0.2, 0.25) is 0 Å². The van der Waals surface area contributed by atoms with E-state index in [0.29, 0.717) is 6.04 Å². The van der Waals surface area contributed by atoms with Crippen molar-refractivity contribution in [3.8, 4) is 0 Å². The van der Waals surface area contributed by atoms with Crippen LogP contribution >= 0.6 is 35.0 Å². The number of piperidine rings is 1. The molecule has 0 aliphatic carbocycles. The fourth-order valence-corrected chi connectivity index (χ4v) is 2.89. The molecule has 1 aliphatic heterocycles. The minimum atomic E-state index is 0. The Morgan fingerprint density at radius 2 is 2.00 bits per heavy atom. The normalized spacial score (nSPS) is 15.7. The molecule has 1 aromatic rings. The third kappa shape index (κ3) is 3.83. The smallest absolute Gasteiger partial charge is 0.254 e. The first-order chi connectivity index (χ1) is 8.61. The molecule has 0 spiro atoms. The van der Waals surface area contributed by atoms with Gasteiger partial charge in [-0.15, -0.1) is 12.4 Å².